The SMILES string of the molecule is CCCCCCCCCCCCCCCCCn1cc[n+](CCCc2ccccc2)c1CCCCCCCCC. The second-order valence-electron chi connectivity index (χ2n) is 12.5. The Morgan fingerprint density at radius 1 is 0.500 bits per heavy atom. The van der Waals surface area contributed by atoms with Crippen molar-refractivity contribution in [3.8, 4) is 0 Å². The van der Waals surface area contributed by atoms with E-state index in [9.17, 15) is 0 Å². The van der Waals surface area contributed by atoms with Crippen LogP contribution < -0.4 is 4.57 Å². The molecule has 0 bridgehead atoms. The van der Waals surface area contributed by atoms with Crippen LogP contribution in [-0.4, -0.2) is 4.57 Å². The minimum absolute atomic E-state index is 1.15. The van der Waals surface area contributed by atoms with E-state index in [-0.39, 0.29) is 0 Å². The molecule has 0 aliphatic carbocycles. The molecule has 0 saturated heterocycles. The summed E-state index contributed by atoms with van der Waals surface area (Å²) < 4.78 is 5.17. The van der Waals surface area contributed by atoms with E-state index in [1.54, 1.807) is 5.82 Å². The third kappa shape index (κ3) is 17.3. The van der Waals surface area contributed by atoms with Crippen molar-refractivity contribution in [2.75, 3.05) is 0 Å². The zero-order valence-electron chi connectivity index (χ0n) is 27.0. The van der Waals surface area contributed by atoms with E-state index in [4.69, 9.17) is 0 Å². The monoisotopic (exact) mass is 552 g/mol. The van der Waals surface area contributed by atoms with Crippen LogP contribution in [0.25, 0.3) is 0 Å². The van der Waals surface area contributed by atoms with Crippen molar-refractivity contribution in [3.05, 3.63) is 54.1 Å². The van der Waals surface area contributed by atoms with Crippen molar-refractivity contribution in [1.29, 1.82) is 0 Å². The number of nitrogens with zero attached hydrogens (tertiary/aromatic N) is 2. The molecule has 2 rings (SSSR count). The van der Waals surface area contributed by atoms with E-state index in [1.807, 2.05) is 0 Å². The molecule has 0 spiro atoms. The summed E-state index contributed by atoms with van der Waals surface area (Å²) in [7, 11) is 0. The highest BCUT2D eigenvalue weighted by Crippen LogP contribution is 2.15. The van der Waals surface area contributed by atoms with Crippen LogP contribution in [0, 0.1) is 0 Å². The van der Waals surface area contributed by atoms with Gasteiger partial charge in [0.2, 0.25) is 0 Å². The van der Waals surface area contributed by atoms with Crippen LogP contribution in [0.1, 0.15) is 173 Å². The first-order valence-corrected chi connectivity index (χ1v) is 18.0. The van der Waals surface area contributed by atoms with Gasteiger partial charge in [-0.1, -0.05) is 166 Å². The van der Waals surface area contributed by atoms with Crippen molar-refractivity contribution in [2.45, 2.75) is 187 Å². The summed E-state index contributed by atoms with van der Waals surface area (Å²) in [5.74, 6) is 1.58. The van der Waals surface area contributed by atoms with E-state index in [0.29, 0.717) is 0 Å². The summed E-state index contributed by atoms with van der Waals surface area (Å²) in [5, 5.41) is 0. The number of imidazole rings is 1. The van der Waals surface area contributed by atoms with Crippen LogP contribution in [0.3, 0.4) is 0 Å². The number of aromatic nitrogens is 2. The molecule has 0 N–H and O–H groups in total. The second-order valence-corrected chi connectivity index (χ2v) is 12.5. The fourth-order valence-electron chi connectivity index (χ4n) is 6.18. The Bertz CT molecular complexity index is 793. The molecule has 1 aromatic heterocycles. The maximum Gasteiger partial charge on any atom is 0.256 e. The molecule has 1 aromatic carbocycles. The number of benzene rings is 1. The molecule has 2 nitrogen and oxygen atoms in total. The second kappa shape index (κ2) is 25.2. The Morgan fingerprint density at radius 3 is 1.50 bits per heavy atom. The third-order valence-electron chi connectivity index (χ3n) is 8.80. The molecular formula is C38H67N2+. The Morgan fingerprint density at radius 2 is 0.975 bits per heavy atom. The molecule has 0 radical (unpaired) electrons. The molecule has 0 unspecified atom stereocenters. The van der Waals surface area contributed by atoms with Gasteiger partial charge in [0.25, 0.3) is 5.82 Å². The lowest BCUT2D eigenvalue weighted by atomic mass is 10.0. The van der Waals surface area contributed by atoms with Crippen LogP contribution in [0.2, 0.25) is 0 Å². The lowest BCUT2D eigenvalue weighted by Crippen LogP contribution is -2.37. The maximum absolute atomic E-state index is 2.60. The van der Waals surface area contributed by atoms with Gasteiger partial charge >= 0.3 is 0 Å². The number of hydrogen-bond donors (Lipinski definition) is 0. The van der Waals surface area contributed by atoms with Gasteiger partial charge in [-0.15, -0.1) is 0 Å². The average Bonchev–Trinajstić information content (AvgIpc) is 3.36. The van der Waals surface area contributed by atoms with Gasteiger partial charge in [0.1, 0.15) is 12.4 Å². The van der Waals surface area contributed by atoms with Crippen LogP contribution in [0.5, 0.6) is 0 Å². The fraction of sp³-hybridized carbons (Fsp3) is 0.763. The Kier molecular flexibility index (Phi) is 21.8. The summed E-state index contributed by atoms with van der Waals surface area (Å²) >= 11 is 0. The highest BCUT2D eigenvalue weighted by molar-refractivity contribution is 5.14. The number of aryl methyl sites for hydroxylation is 3. The smallest absolute Gasteiger partial charge is 0.234 e. The van der Waals surface area contributed by atoms with Crippen LogP contribution in [0.15, 0.2) is 42.7 Å². The van der Waals surface area contributed by atoms with E-state index in [0.717, 1.165) is 6.54 Å². The van der Waals surface area contributed by atoms with E-state index >= 15 is 0 Å². The highest BCUT2D eigenvalue weighted by Gasteiger charge is 2.16. The van der Waals surface area contributed by atoms with Gasteiger partial charge in [-0.2, -0.15) is 0 Å². The maximum atomic E-state index is 2.60. The predicted octanol–water partition coefficient (Wildman–Crippen LogP) is 11.6. The van der Waals surface area contributed by atoms with Crippen molar-refractivity contribution < 1.29 is 4.57 Å². The molecule has 0 saturated carbocycles. The van der Waals surface area contributed by atoms with E-state index in [2.05, 4.69) is 65.7 Å². The first-order valence-electron chi connectivity index (χ1n) is 18.0. The van der Waals surface area contributed by atoms with E-state index in [1.165, 1.54) is 173 Å². The zero-order chi connectivity index (χ0) is 28.4. The Hall–Kier alpha value is -1.57. The van der Waals surface area contributed by atoms with Gasteiger partial charge in [-0.3, -0.25) is 0 Å². The van der Waals surface area contributed by atoms with Gasteiger partial charge in [0.15, 0.2) is 0 Å². The first-order chi connectivity index (χ1) is 19.8. The third-order valence-corrected chi connectivity index (χ3v) is 8.80. The molecule has 2 heteroatoms. The average molecular weight is 552 g/mol. The summed E-state index contributed by atoms with van der Waals surface area (Å²) in [6, 6.07) is 11.0. The van der Waals surface area contributed by atoms with Crippen molar-refractivity contribution in [3.63, 3.8) is 0 Å². The van der Waals surface area contributed by atoms with Crippen molar-refractivity contribution in [2.24, 2.45) is 0 Å². The number of rotatable bonds is 28. The van der Waals surface area contributed by atoms with Gasteiger partial charge in [-0.25, -0.2) is 9.13 Å². The summed E-state index contributed by atoms with van der Waals surface area (Å²) in [5.41, 5.74) is 1.47. The standard InChI is InChI=1S/C38H67N2/c1-3-5-7-9-11-12-13-14-15-16-17-18-20-22-27-33-39-35-36-40(34-28-31-37-29-24-23-25-30-37)38(39)32-26-21-19-10-8-6-4-2/h23-25,29-30,35-36H,3-22,26-28,31-34H2,1-2H3/q+1. The van der Waals surface area contributed by atoms with Crippen LogP contribution in [0.4, 0.5) is 0 Å². The van der Waals surface area contributed by atoms with Crippen molar-refractivity contribution in [1.82, 2.24) is 4.57 Å². The largest absolute Gasteiger partial charge is 0.256 e. The first kappa shape index (κ1) is 34.6. The summed E-state index contributed by atoms with van der Waals surface area (Å²) in [6.07, 6.45) is 39.7. The molecule has 40 heavy (non-hydrogen) atoms. The topological polar surface area (TPSA) is 8.81 Å². The lowest BCUT2D eigenvalue weighted by Gasteiger charge is -2.07. The lowest BCUT2D eigenvalue weighted by molar-refractivity contribution is -0.704. The predicted molar refractivity (Wildman–Crippen MR) is 176 cm³/mol. The summed E-state index contributed by atoms with van der Waals surface area (Å²) in [6.45, 7) is 6.96. The molecule has 0 aliphatic heterocycles. The minimum Gasteiger partial charge on any atom is -0.234 e. The Balaban J connectivity index is 1.61. The van der Waals surface area contributed by atoms with Crippen molar-refractivity contribution >= 4 is 0 Å². The molecule has 1 heterocycles. The zero-order valence-corrected chi connectivity index (χ0v) is 27.0. The van der Waals surface area contributed by atoms with Gasteiger partial charge in [0.05, 0.1) is 13.1 Å². The molecule has 228 valence electrons. The number of unbranched alkanes of at least 4 members (excludes halogenated alkanes) is 20. The normalized spacial score (nSPS) is 11.4. The molecule has 0 amide bonds. The minimum atomic E-state index is 1.15. The van der Waals surface area contributed by atoms with Gasteiger partial charge < -0.3 is 0 Å². The molecule has 0 fully saturated rings. The summed E-state index contributed by atoms with van der Waals surface area (Å²) in [4.78, 5) is 0. The highest BCUT2D eigenvalue weighted by atomic mass is 15.1. The quantitative estimate of drug-likeness (QED) is 0.0734. The van der Waals surface area contributed by atoms with Crippen LogP contribution >= 0.6 is 0 Å². The molecule has 2 aromatic rings. The fourth-order valence-corrected chi connectivity index (χ4v) is 6.18. The molecule has 0 aliphatic rings. The molecular weight excluding hydrogens is 484 g/mol. The van der Waals surface area contributed by atoms with Crippen LogP contribution in [-0.2, 0) is 25.9 Å². The van der Waals surface area contributed by atoms with Gasteiger partial charge in [0, 0.05) is 6.42 Å². The van der Waals surface area contributed by atoms with Gasteiger partial charge in [-0.05, 0) is 37.7 Å². The van der Waals surface area contributed by atoms with E-state index < -0.39 is 0 Å². The molecule has 0 atom stereocenters. The number of hydrogen-bond acceptors (Lipinski definition) is 0. The Labute approximate surface area is 250 Å².